The highest BCUT2D eigenvalue weighted by Gasteiger charge is 2.34. The molecule has 0 bridgehead atoms. The van der Waals surface area contributed by atoms with Crippen molar-refractivity contribution >= 4 is 12.4 Å². The van der Waals surface area contributed by atoms with Crippen LogP contribution in [0.2, 0.25) is 0 Å². The summed E-state index contributed by atoms with van der Waals surface area (Å²) in [5.41, 5.74) is 0. The lowest BCUT2D eigenvalue weighted by Crippen LogP contribution is -2.31. The molecule has 0 amide bonds. The zero-order valence-corrected chi connectivity index (χ0v) is 9.47. The Hall–Kier alpha value is -1.06. The topological polar surface area (TPSA) is 74.6 Å². The van der Waals surface area contributed by atoms with Crippen molar-refractivity contribution in [2.75, 3.05) is 0 Å². The van der Waals surface area contributed by atoms with E-state index in [0.717, 1.165) is 24.7 Å². The third-order valence-corrected chi connectivity index (χ3v) is 3.89. The summed E-state index contributed by atoms with van der Waals surface area (Å²) in [6.45, 7) is -0.250. The molecule has 2 rings (SSSR count). The highest BCUT2D eigenvalue weighted by Crippen LogP contribution is 2.42. The van der Waals surface area contributed by atoms with E-state index in [4.69, 9.17) is 15.0 Å². The van der Waals surface area contributed by atoms with Crippen molar-refractivity contribution < 1.29 is 19.8 Å². The van der Waals surface area contributed by atoms with Gasteiger partial charge in [-0.25, -0.2) is 0 Å². The number of hydrogen-bond acceptors (Lipinski definition) is 2. The maximum Gasteiger partial charge on any atom is 0.306 e. The summed E-state index contributed by atoms with van der Waals surface area (Å²) in [6, 6.07) is 0. The Bertz CT molecular complexity index is 239. The van der Waals surface area contributed by atoms with E-state index >= 15 is 0 Å². The van der Waals surface area contributed by atoms with Gasteiger partial charge in [0.1, 0.15) is 0 Å². The minimum absolute atomic E-state index is 0.0284. The molecule has 2 fully saturated rings. The van der Waals surface area contributed by atoms with Crippen molar-refractivity contribution in [1.29, 1.82) is 0 Å². The van der Waals surface area contributed by atoms with Gasteiger partial charge in [-0.05, 0) is 31.1 Å². The summed E-state index contributed by atoms with van der Waals surface area (Å²) in [4.78, 5) is 19.2. The molecule has 4 nitrogen and oxygen atoms in total. The van der Waals surface area contributed by atoms with Crippen LogP contribution in [0.4, 0.5) is 0 Å². The molecule has 0 saturated heterocycles. The highest BCUT2D eigenvalue weighted by atomic mass is 16.4. The van der Waals surface area contributed by atoms with Gasteiger partial charge in [0.2, 0.25) is 0 Å². The second kappa shape index (κ2) is 6.51. The lowest BCUT2D eigenvalue weighted by molar-refractivity contribution is -0.144. The first-order valence-corrected chi connectivity index (χ1v) is 5.99. The average molecular weight is 228 g/mol. The van der Waals surface area contributed by atoms with Gasteiger partial charge in [-0.15, -0.1) is 0 Å². The molecule has 92 valence electrons. The Morgan fingerprint density at radius 2 is 1.62 bits per heavy atom. The molecule has 16 heavy (non-hydrogen) atoms. The van der Waals surface area contributed by atoms with Crippen LogP contribution in [0.5, 0.6) is 0 Å². The summed E-state index contributed by atoms with van der Waals surface area (Å²) < 4.78 is 0. The van der Waals surface area contributed by atoms with E-state index in [-0.39, 0.29) is 12.4 Å². The van der Waals surface area contributed by atoms with Crippen molar-refractivity contribution in [3.05, 3.63) is 0 Å². The van der Waals surface area contributed by atoms with Crippen LogP contribution in [0.1, 0.15) is 44.9 Å². The molecule has 4 heteroatoms. The molecule has 2 N–H and O–H groups in total. The van der Waals surface area contributed by atoms with Crippen molar-refractivity contribution in [2.24, 2.45) is 17.8 Å². The molecule has 0 spiro atoms. The summed E-state index contributed by atoms with van der Waals surface area (Å²) in [7, 11) is 0. The van der Waals surface area contributed by atoms with Gasteiger partial charge >= 0.3 is 5.97 Å². The number of carbonyl (C=O) groups is 2. The zero-order valence-electron chi connectivity index (χ0n) is 9.47. The van der Waals surface area contributed by atoms with Gasteiger partial charge in [-0.1, -0.05) is 25.7 Å². The molecule has 2 saturated carbocycles. The third-order valence-electron chi connectivity index (χ3n) is 3.89. The molecule has 0 aromatic rings. The van der Waals surface area contributed by atoms with E-state index in [9.17, 15) is 4.79 Å². The van der Waals surface area contributed by atoms with E-state index in [2.05, 4.69) is 0 Å². The van der Waals surface area contributed by atoms with E-state index in [0.29, 0.717) is 0 Å². The lowest BCUT2D eigenvalue weighted by atomic mass is 9.67. The zero-order chi connectivity index (χ0) is 12.0. The third kappa shape index (κ3) is 3.51. The second-order valence-corrected chi connectivity index (χ2v) is 4.76. The molecule has 2 aliphatic rings. The van der Waals surface area contributed by atoms with Crippen molar-refractivity contribution in [2.45, 2.75) is 44.9 Å². The first-order valence-electron chi connectivity index (χ1n) is 5.99. The summed E-state index contributed by atoms with van der Waals surface area (Å²) in [5.74, 6) is 1.01. The number of aliphatic carboxylic acids is 1. The Kier molecular flexibility index (Phi) is 5.29. The van der Waals surface area contributed by atoms with E-state index in [1.807, 2.05) is 0 Å². The maximum atomic E-state index is 10.8. The minimum atomic E-state index is -0.566. The Morgan fingerprint density at radius 3 is 2.19 bits per heavy atom. The van der Waals surface area contributed by atoms with E-state index in [1.165, 1.54) is 32.1 Å². The molecular formula is C12H20O4. The SMILES string of the molecule is O=C(O)C1CCC2CCCCC2C1.O=CO. The number of carboxylic acids is 1. The van der Waals surface area contributed by atoms with E-state index in [1.54, 1.807) is 0 Å². The monoisotopic (exact) mass is 228 g/mol. The quantitative estimate of drug-likeness (QED) is 0.676. The molecule has 3 unspecified atom stereocenters. The Labute approximate surface area is 95.7 Å². The smallest absolute Gasteiger partial charge is 0.306 e. The maximum absolute atomic E-state index is 10.8. The van der Waals surface area contributed by atoms with Gasteiger partial charge in [0.05, 0.1) is 5.92 Å². The second-order valence-electron chi connectivity index (χ2n) is 4.76. The van der Waals surface area contributed by atoms with Crippen molar-refractivity contribution in [3.8, 4) is 0 Å². The van der Waals surface area contributed by atoms with Gasteiger partial charge < -0.3 is 10.2 Å². The first-order chi connectivity index (χ1) is 7.69. The summed E-state index contributed by atoms with van der Waals surface area (Å²) in [5, 5.41) is 15.8. The van der Waals surface area contributed by atoms with Crippen LogP contribution >= 0.6 is 0 Å². The highest BCUT2D eigenvalue weighted by molar-refractivity contribution is 5.70. The van der Waals surface area contributed by atoms with Crippen LogP contribution in [-0.4, -0.2) is 22.7 Å². The first kappa shape index (κ1) is 13.0. The molecule has 0 aliphatic heterocycles. The molecule has 0 radical (unpaired) electrons. The van der Waals surface area contributed by atoms with Crippen LogP contribution in [-0.2, 0) is 9.59 Å². The van der Waals surface area contributed by atoms with Crippen LogP contribution < -0.4 is 0 Å². The standard InChI is InChI=1S/C11H18O2.CH2O2/c12-11(13)10-6-5-8-3-1-2-4-9(8)7-10;2-1-3/h8-10H,1-7H2,(H,12,13);1H,(H,2,3). The van der Waals surface area contributed by atoms with Gasteiger partial charge in [-0.2, -0.15) is 0 Å². The molecule has 0 heterocycles. The average Bonchev–Trinajstić information content (AvgIpc) is 2.29. The predicted molar refractivity (Wildman–Crippen MR) is 59.1 cm³/mol. The van der Waals surface area contributed by atoms with Crippen LogP contribution in [0.25, 0.3) is 0 Å². The van der Waals surface area contributed by atoms with Crippen LogP contribution in [0.3, 0.4) is 0 Å². The Morgan fingerprint density at radius 1 is 1.06 bits per heavy atom. The largest absolute Gasteiger partial charge is 0.483 e. The van der Waals surface area contributed by atoms with Gasteiger partial charge in [0, 0.05) is 0 Å². The molecular weight excluding hydrogens is 208 g/mol. The minimum Gasteiger partial charge on any atom is -0.483 e. The molecule has 0 aromatic carbocycles. The van der Waals surface area contributed by atoms with Gasteiger partial charge in [0.15, 0.2) is 0 Å². The number of carboxylic acid groups (broad SMARTS) is 2. The van der Waals surface area contributed by atoms with Crippen LogP contribution in [0, 0.1) is 17.8 Å². The number of fused-ring (bicyclic) bond motifs is 1. The Balaban J connectivity index is 0.000000386. The normalized spacial score (nSPS) is 32.9. The molecule has 0 aromatic heterocycles. The fraction of sp³-hybridized carbons (Fsp3) is 0.833. The number of rotatable bonds is 1. The van der Waals surface area contributed by atoms with Gasteiger partial charge in [0.25, 0.3) is 6.47 Å². The lowest BCUT2D eigenvalue weighted by Gasteiger charge is -2.37. The molecule has 3 atom stereocenters. The van der Waals surface area contributed by atoms with Crippen LogP contribution in [0.15, 0.2) is 0 Å². The van der Waals surface area contributed by atoms with Crippen molar-refractivity contribution in [1.82, 2.24) is 0 Å². The van der Waals surface area contributed by atoms with Gasteiger partial charge in [-0.3, -0.25) is 9.59 Å². The molecule has 2 aliphatic carbocycles. The van der Waals surface area contributed by atoms with Crippen molar-refractivity contribution in [3.63, 3.8) is 0 Å². The predicted octanol–water partition coefficient (Wildman–Crippen LogP) is 2.38. The summed E-state index contributed by atoms with van der Waals surface area (Å²) in [6.07, 6.45) is 8.40. The summed E-state index contributed by atoms with van der Waals surface area (Å²) >= 11 is 0. The number of hydrogen-bond donors (Lipinski definition) is 2. The fourth-order valence-corrected chi connectivity index (χ4v) is 3.10. The fourth-order valence-electron chi connectivity index (χ4n) is 3.10. The van der Waals surface area contributed by atoms with E-state index < -0.39 is 5.97 Å².